The second kappa shape index (κ2) is 7.27. The summed E-state index contributed by atoms with van der Waals surface area (Å²) in [7, 11) is 4.42. The Balaban J connectivity index is 3.06. The third-order valence-electron chi connectivity index (χ3n) is 4.08. The largest absolute Gasteiger partial charge is 0.308 e. The van der Waals surface area contributed by atoms with Crippen molar-refractivity contribution in [2.75, 3.05) is 20.6 Å². The third kappa shape index (κ3) is 3.14. The summed E-state index contributed by atoms with van der Waals surface area (Å²) in [6, 6.07) is 4.86. The summed E-state index contributed by atoms with van der Waals surface area (Å²) in [5, 5.41) is 5.95. The number of thiophene rings is 1. The van der Waals surface area contributed by atoms with Crippen LogP contribution >= 0.6 is 11.3 Å². The summed E-state index contributed by atoms with van der Waals surface area (Å²) in [6.45, 7) is 7.92. The molecule has 1 N–H and O–H groups in total. The molecular weight excluding hydrogens is 240 g/mol. The summed E-state index contributed by atoms with van der Waals surface area (Å²) in [4.78, 5) is 3.86. The lowest BCUT2D eigenvalue weighted by Crippen LogP contribution is -2.53. The molecule has 0 saturated carbocycles. The summed E-state index contributed by atoms with van der Waals surface area (Å²) in [5.41, 5.74) is 0.208. The molecule has 1 atom stereocenters. The molecule has 0 spiro atoms. The standard InChI is InChI=1S/C15H28N2S/c1-6-11-16-14(13-10-9-12-18-13)15(7-2,8-3)17(4)5/h9-10,12,14,16H,6-8,11H2,1-5H3. The zero-order chi connectivity index (χ0) is 13.6. The van der Waals surface area contributed by atoms with E-state index < -0.39 is 0 Å². The van der Waals surface area contributed by atoms with Crippen LogP contribution in [0.2, 0.25) is 0 Å². The number of hydrogen-bond acceptors (Lipinski definition) is 3. The first-order valence-corrected chi connectivity index (χ1v) is 7.94. The first-order chi connectivity index (χ1) is 8.62. The van der Waals surface area contributed by atoms with Crippen LogP contribution in [-0.4, -0.2) is 31.1 Å². The lowest BCUT2D eigenvalue weighted by molar-refractivity contribution is 0.0896. The normalized spacial score (nSPS) is 14.1. The zero-order valence-corrected chi connectivity index (χ0v) is 13.3. The third-order valence-corrected chi connectivity index (χ3v) is 5.02. The van der Waals surface area contributed by atoms with Crippen LogP contribution in [0.15, 0.2) is 17.5 Å². The maximum atomic E-state index is 3.76. The van der Waals surface area contributed by atoms with Crippen LogP contribution < -0.4 is 5.32 Å². The molecule has 0 aliphatic rings. The highest BCUT2D eigenvalue weighted by molar-refractivity contribution is 7.10. The van der Waals surface area contributed by atoms with Gasteiger partial charge in [-0.2, -0.15) is 0 Å². The Morgan fingerprint density at radius 3 is 2.33 bits per heavy atom. The second-order valence-electron chi connectivity index (χ2n) is 5.11. The van der Waals surface area contributed by atoms with Gasteiger partial charge >= 0.3 is 0 Å². The van der Waals surface area contributed by atoms with Gasteiger partial charge in [0, 0.05) is 10.4 Å². The molecule has 0 radical (unpaired) electrons. The Hall–Kier alpha value is -0.380. The van der Waals surface area contributed by atoms with E-state index in [2.05, 4.69) is 62.6 Å². The molecule has 1 aromatic rings. The molecule has 3 heteroatoms. The lowest BCUT2D eigenvalue weighted by Gasteiger charge is -2.45. The van der Waals surface area contributed by atoms with Crippen molar-refractivity contribution in [3.63, 3.8) is 0 Å². The van der Waals surface area contributed by atoms with Crippen molar-refractivity contribution in [1.82, 2.24) is 10.2 Å². The maximum absolute atomic E-state index is 3.76. The Kier molecular flexibility index (Phi) is 6.33. The van der Waals surface area contributed by atoms with Gasteiger partial charge in [0.05, 0.1) is 6.04 Å². The van der Waals surface area contributed by atoms with Gasteiger partial charge in [-0.25, -0.2) is 0 Å². The number of likely N-dealkylation sites (N-methyl/N-ethyl adjacent to an activating group) is 1. The highest BCUT2D eigenvalue weighted by Gasteiger charge is 2.38. The topological polar surface area (TPSA) is 15.3 Å². The van der Waals surface area contributed by atoms with E-state index in [0.29, 0.717) is 6.04 Å². The average molecular weight is 268 g/mol. The Morgan fingerprint density at radius 1 is 1.28 bits per heavy atom. The van der Waals surface area contributed by atoms with Gasteiger partial charge in [0.15, 0.2) is 0 Å². The molecule has 0 saturated heterocycles. The minimum Gasteiger partial charge on any atom is -0.308 e. The van der Waals surface area contributed by atoms with Gasteiger partial charge in [-0.3, -0.25) is 0 Å². The fraction of sp³-hybridized carbons (Fsp3) is 0.733. The Bertz CT molecular complexity index is 315. The predicted molar refractivity (Wildman–Crippen MR) is 82.4 cm³/mol. The van der Waals surface area contributed by atoms with E-state index >= 15 is 0 Å². The van der Waals surface area contributed by atoms with Gasteiger partial charge in [-0.05, 0) is 51.3 Å². The van der Waals surface area contributed by atoms with E-state index in [1.807, 2.05) is 11.3 Å². The number of rotatable bonds is 8. The van der Waals surface area contributed by atoms with E-state index in [9.17, 15) is 0 Å². The van der Waals surface area contributed by atoms with Gasteiger partial charge in [0.1, 0.15) is 0 Å². The monoisotopic (exact) mass is 268 g/mol. The van der Waals surface area contributed by atoms with Crippen molar-refractivity contribution in [3.8, 4) is 0 Å². The van der Waals surface area contributed by atoms with Crippen LogP contribution in [0.1, 0.15) is 51.0 Å². The molecule has 1 rings (SSSR count). The van der Waals surface area contributed by atoms with Gasteiger partial charge < -0.3 is 10.2 Å². The van der Waals surface area contributed by atoms with Crippen LogP contribution in [0.25, 0.3) is 0 Å². The molecule has 0 aromatic carbocycles. The van der Waals surface area contributed by atoms with E-state index in [-0.39, 0.29) is 5.54 Å². The maximum Gasteiger partial charge on any atom is 0.0601 e. The van der Waals surface area contributed by atoms with Crippen LogP contribution in [-0.2, 0) is 0 Å². The van der Waals surface area contributed by atoms with Crippen molar-refractivity contribution < 1.29 is 0 Å². The number of nitrogens with one attached hydrogen (secondary N) is 1. The summed E-state index contributed by atoms with van der Waals surface area (Å²) in [6.07, 6.45) is 3.50. The molecule has 0 bridgehead atoms. The molecule has 0 aliphatic heterocycles. The van der Waals surface area contributed by atoms with Gasteiger partial charge in [-0.15, -0.1) is 11.3 Å². The van der Waals surface area contributed by atoms with Crippen LogP contribution in [0, 0.1) is 0 Å². The summed E-state index contributed by atoms with van der Waals surface area (Å²) >= 11 is 1.87. The highest BCUT2D eigenvalue weighted by Crippen LogP contribution is 2.37. The van der Waals surface area contributed by atoms with E-state index in [4.69, 9.17) is 0 Å². The van der Waals surface area contributed by atoms with Gasteiger partial charge in [0.2, 0.25) is 0 Å². The second-order valence-corrected chi connectivity index (χ2v) is 6.09. The number of hydrogen-bond donors (Lipinski definition) is 1. The smallest absolute Gasteiger partial charge is 0.0601 e. The molecule has 1 heterocycles. The van der Waals surface area contributed by atoms with Gasteiger partial charge in [-0.1, -0.05) is 26.8 Å². The van der Waals surface area contributed by atoms with Crippen LogP contribution in [0.4, 0.5) is 0 Å². The minimum atomic E-state index is 0.208. The molecule has 0 fully saturated rings. The summed E-state index contributed by atoms with van der Waals surface area (Å²) in [5.74, 6) is 0. The molecule has 1 unspecified atom stereocenters. The van der Waals surface area contributed by atoms with Crippen molar-refractivity contribution in [3.05, 3.63) is 22.4 Å². The van der Waals surface area contributed by atoms with Crippen molar-refractivity contribution in [2.45, 2.75) is 51.6 Å². The van der Waals surface area contributed by atoms with Gasteiger partial charge in [0.25, 0.3) is 0 Å². The summed E-state index contributed by atoms with van der Waals surface area (Å²) < 4.78 is 0. The quantitative estimate of drug-likeness (QED) is 0.769. The average Bonchev–Trinajstić information content (AvgIpc) is 2.88. The van der Waals surface area contributed by atoms with E-state index in [1.165, 1.54) is 11.3 Å². The first kappa shape index (κ1) is 15.7. The molecule has 18 heavy (non-hydrogen) atoms. The van der Waals surface area contributed by atoms with E-state index in [1.54, 1.807) is 0 Å². The lowest BCUT2D eigenvalue weighted by atomic mass is 9.82. The van der Waals surface area contributed by atoms with Crippen molar-refractivity contribution in [1.29, 1.82) is 0 Å². The highest BCUT2D eigenvalue weighted by atomic mass is 32.1. The predicted octanol–water partition coefficient (Wildman–Crippen LogP) is 3.91. The Labute approximate surface area is 116 Å². The van der Waals surface area contributed by atoms with Crippen molar-refractivity contribution >= 4 is 11.3 Å². The Morgan fingerprint density at radius 2 is 1.94 bits per heavy atom. The fourth-order valence-corrected chi connectivity index (χ4v) is 3.76. The molecule has 0 aliphatic carbocycles. The first-order valence-electron chi connectivity index (χ1n) is 7.06. The molecule has 2 nitrogen and oxygen atoms in total. The van der Waals surface area contributed by atoms with Crippen LogP contribution in [0.5, 0.6) is 0 Å². The molecular formula is C15H28N2S. The minimum absolute atomic E-state index is 0.208. The van der Waals surface area contributed by atoms with Crippen molar-refractivity contribution in [2.24, 2.45) is 0 Å². The van der Waals surface area contributed by atoms with Crippen LogP contribution in [0.3, 0.4) is 0 Å². The molecule has 1 aromatic heterocycles. The fourth-order valence-electron chi connectivity index (χ4n) is 2.85. The molecule has 104 valence electrons. The van der Waals surface area contributed by atoms with E-state index in [0.717, 1.165) is 19.4 Å². The SMILES string of the molecule is CCCNC(c1cccs1)C(CC)(CC)N(C)C. The zero-order valence-electron chi connectivity index (χ0n) is 12.5. The number of nitrogens with zero attached hydrogens (tertiary/aromatic N) is 1. The molecule has 0 amide bonds.